The lowest BCUT2D eigenvalue weighted by molar-refractivity contribution is -0.121. The molecule has 2 N–H and O–H groups in total. The van der Waals surface area contributed by atoms with Crippen molar-refractivity contribution in [3.05, 3.63) is 16.6 Å². The molecule has 1 atom stereocenters. The molecule has 2 aromatic heterocycles. The Labute approximate surface area is 131 Å². The van der Waals surface area contributed by atoms with Crippen LogP contribution < -0.4 is 10.9 Å². The molecule has 0 radical (unpaired) electrons. The van der Waals surface area contributed by atoms with Gasteiger partial charge in [-0.15, -0.1) is 0 Å². The zero-order valence-electron chi connectivity index (χ0n) is 12.5. The average Bonchev–Trinajstić information content (AvgIpc) is 3.11. The van der Waals surface area contributed by atoms with Gasteiger partial charge in [0.05, 0.1) is 12.2 Å². The van der Waals surface area contributed by atoms with E-state index >= 15 is 0 Å². The first kappa shape index (κ1) is 15.1. The first-order valence-electron chi connectivity index (χ1n) is 7.55. The molecule has 1 amide bonds. The third kappa shape index (κ3) is 2.87. The fourth-order valence-corrected chi connectivity index (χ4v) is 3.73. The van der Waals surface area contributed by atoms with E-state index in [2.05, 4.69) is 27.4 Å². The topological polar surface area (TPSA) is 92.7 Å². The highest BCUT2D eigenvalue weighted by molar-refractivity contribution is 7.99. The van der Waals surface area contributed by atoms with Crippen molar-refractivity contribution in [2.45, 2.75) is 43.8 Å². The van der Waals surface area contributed by atoms with Crippen molar-refractivity contribution in [1.29, 1.82) is 0 Å². The van der Waals surface area contributed by atoms with Crippen LogP contribution >= 0.6 is 11.8 Å². The summed E-state index contributed by atoms with van der Waals surface area (Å²) in [7, 11) is 0. The van der Waals surface area contributed by atoms with Gasteiger partial charge < -0.3 is 5.32 Å². The molecule has 0 bridgehead atoms. The van der Waals surface area contributed by atoms with E-state index in [4.69, 9.17) is 0 Å². The molecular formula is C14H19N5O2S. The van der Waals surface area contributed by atoms with Gasteiger partial charge in [0.25, 0.3) is 5.56 Å². The second-order valence-electron chi connectivity index (χ2n) is 5.43. The highest BCUT2D eigenvalue weighted by Gasteiger charge is 2.28. The van der Waals surface area contributed by atoms with Crippen LogP contribution in [-0.2, 0) is 4.79 Å². The molecule has 0 saturated carbocycles. The minimum absolute atomic E-state index is 0.00579. The Hall–Kier alpha value is -1.83. The number of carbonyl (C=O) groups is 1. The molecule has 2 aromatic rings. The number of thioether (sulfide) groups is 1. The monoisotopic (exact) mass is 321 g/mol. The number of nitrogens with one attached hydrogen (secondary N) is 2. The first-order valence-corrected chi connectivity index (χ1v) is 8.54. The Morgan fingerprint density at radius 2 is 2.41 bits per heavy atom. The van der Waals surface area contributed by atoms with Crippen LogP contribution in [0.5, 0.6) is 0 Å². The van der Waals surface area contributed by atoms with Crippen LogP contribution in [0.1, 0.15) is 38.6 Å². The van der Waals surface area contributed by atoms with E-state index in [0.29, 0.717) is 34.9 Å². The fraction of sp³-hybridized carbons (Fsp3) is 0.571. The van der Waals surface area contributed by atoms with Crippen LogP contribution in [0.15, 0.2) is 16.1 Å². The summed E-state index contributed by atoms with van der Waals surface area (Å²) >= 11 is 1.51. The maximum Gasteiger partial charge on any atom is 0.265 e. The number of rotatable bonds is 6. The van der Waals surface area contributed by atoms with Crippen LogP contribution in [0.3, 0.4) is 0 Å². The molecule has 0 fully saturated rings. The number of fused-ring (bicyclic) bond motifs is 2. The maximum absolute atomic E-state index is 12.5. The van der Waals surface area contributed by atoms with Crippen LogP contribution in [-0.4, -0.2) is 38.0 Å². The van der Waals surface area contributed by atoms with Gasteiger partial charge in [-0.25, -0.2) is 4.98 Å². The highest BCUT2D eigenvalue weighted by Crippen LogP contribution is 2.32. The van der Waals surface area contributed by atoms with E-state index in [1.54, 1.807) is 4.57 Å². The van der Waals surface area contributed by atoms with Crippen LogP contribution in [0.4, 0.5) is 0 Å². The molecule has 0 aromatic carbocycles. The van der Waals surface area contributed by atoms with Crippen molar-refractivity contribution in [3.8, 4) is 0 Å². The van der Waals surface area contributed by atoms with Crippen molar-refractivity contribution < 1.29 is 4.79 Å². The Kier molecular flexibility index (Phi) is 4.47. The Balaban J connectivity index is 1.71. The summed E-state index contributed by atoms with van der Waals surface area (Å²) in [6.45, 7) is 2.83. The number of nitrogens with zero attached hydrogens (tertiary/aromatic N) is 3. The van der Waals surface area contributed by atoms with Gasteiger partial charge in [0, 0.05) is 18.7 Å². The van der Waals surface area contributed by atoms with Gasteiger partial charge >= 0.3 is 0 Å². The molecule has 8 heteroatoms. The molecule has 22 heavy (non-hydrogen) atoms. The van der Waals surface area contributed by atoms with Crippen molar-refractivity contribution >= 4 is 28.7 Å². The lowest BCUT2D eigenvalue weighted by Crippen LogP contribution is -2.31. The molecule has 1 aliphatic rings. The van der Waals surface area contributed by atoms with Crippen molar-refractivity contribution in [3.63, 3.8) is 0 Å². The van der Waals surface area contributed by atoms with Gasteiger partial charge in [-0.2, -0.15) is 5.10 Å². The number of aromatic amines is 1. The Morgan fingerprint density at radius 3 is 3.23 bits per heavy atom. The number of carbonyl (C=O) groups excluding carboxylic acids is 1. The molecule has 0 saturated heterocycles. The largest absolute Gasteiger partial charge is 0.356 e. The predicted octanol–water partition coefficient (Wildman–Crippen LogP) is 1.46. The molecular weight excluding hydrogens is 302 g/mol. The van der Waals surface area contributed by atoms with Gasteiger partial charge in [0.15, 0.2) is 10.8 Å². The van der Waals surface area contributed by atoms with Crippen molar-refractivity contribution in [2.24, 2.45) is 0 Å². The average molecular weight is 321 g/mol. The lowest BCUT2D eigenvalue weighted by Gasteiger charge is -2.13. The van der Waals surface area contributed by atoms with Gasteiger partial charge in [-0.05, 0) is 6.42 Å². The third-order valence-electron chi connectivity index (χ3n) is 3.78. The SMILES string of the molecule is CCCCCNC(=O)CC1CSc2nc3[nH]ncc3c(=O)n21. The summed E-state index contributed by atoms with van der Waals surface area (Å²) in [4.78, 5) is 28.9. The second kappa shape index (κ2) is 6.51. The Morgan fingerprint density at radius 1 is 1.55 bits per heavy atom. The van der Waals surface area contributed by atoms with Crippen LogP contribution in [0.25, 0.3) is 11.0 Å². The van der Waals surface area contributed by atoms with Gasteiger partial charge in [-0.1, -0.05) is 31.5 Å². The van der Waals surface area contributed by atoms with E-state index in [9.17, 15) is 9.59 Å². The molecule has 3 rings (SSSR count). The summed E-state index contributed by atoms with van der Waals surface area (Å²) in [5.41, 5.74) is 0.385. The summed E-state index contributed by atoms with van der Waals surface area (Å²) in [5.74, 6) is 0.693. The van der Waals surface area contributed by atoms with Crippen molar-refractivity contribution in [1.82, 2.24) is 25.1 Å². The fourth-order valence-electron chi connectivity index (χ4n) is 2.60. The molecule has 0 aliphatic carbocycles. The summed E-state index contributed by atoms with van der Waals surface area (Å²) in [6.07, 6.45) is 5.05. The maximum atomic E-state index is 12.5. The number of hydrogen-bond donors (Lipinski definition) is 2. The molecule has 0 spiro atoms. The minimum Gasteiger partial charge on any atom is -0.356 e. The van der Waals surface area contributed by atoms with E-state index < -0.39 is 0 Å². The number of hydrogen-bond acceptors (Lipinski definition) is 5. The number of aromatic nitrogens is 4. The molecule has 1 unspecified atom stereocenters. The quantitative estimate of drug-likeness (QED) is 0.621. The smallest absolute Gasteiger partial charge is 0.265 e. The van der Waals surface area contributed by atoms with E-state index in [1.165, 1.54) is 18.0 Å². The standard InChI is InChI=1S/C14H19N5O2S/c1-2-3-4-5-15-11(20)6-9-8-22-14-17-12-10(7-16-18-12)13(21)19(9)14/h7,9H,2-6,8H2,1H3,(H,15,20)(H,16,18). The van der Waals surface area contributed by atoms with Gasteiger partial charge in [0.1, 0.15) is 5.39 Å². The first-order chi connectivity index (χ1) is 10.7. The van der Waals surface area contributed by atoms with Crippen LogP contribution in [0, 0.1) is 0 Å². The third-order valence-corrected chi connectivity index (χ3v) is 4.87. The summed E-state index contributed by atoms with van der Waals surface area (Å²) < 4.78 is 1.63. The molecule has 7 nitrogen and oxygen atoms in total. The van der Waals surface area contributed by atoms with Gasteiger partial charge in [-0.3, -0.25) is 19.3 Å². The molecule has 1 aliphatic heterocycles. The predicted molar refractivity (Wildman–Crippen MR) is 85.1 cm³/mol. The second-order valence-corrected chi connectivity index (χ2v) is 6.41. The van der Waals surface area contributed by atoms with Crippen LogP contribution in [0.2, 0.25) is 0 Å². The number of unbranched alkanes of at least 4 members (excludes halogenated alkanes) is 2. The molecule has 3 heterocycles. The van der Waals surface area contributed by atoms with E-state index in [1.807, 2.05) is 0 Å². The zero-order valence-corrected chi connectivity index (χ0v) is 13.3. The number of amides is 1. The summed E-state index contributed by atoms with van der Waals surface area (Å²) in [6, 6.07) is -0.134. The van der Waals surface area contributed by atoms with Gasteiger partial charge in [0.2, 0.25) is 5.91 Å². The normalized spacial score (nSPS) is 16.9. The highest BCUT2D eigenvalue weighted by atomic mass is 32.2. The van der Waals surface area contributed by atoms with E-state index in [-0.39, 0.29) is 17.5 Å². The number of H-pyrrole nitrogens is 1. The minimum atomic E-state index is -0.134. The zero-order chi connectivity index (χ0) is 15.5. The molecule has 118 valence electrons. The Bertz CT molecular complexity index is 738. The lowest BCUT2D eigenvalue weighted by atomic mass is 10.2. The van der Waals surface area contributed by atoms with E-state index in [0.717, 1.165) is 19.3 Å². The summed E-state index contributed by atoms with van der Waals surface area (Å²) in [5, 5.41) is 10.6. The van der Waals surface area contributed by atoms with Crippen molar-refractivity contribution in [2.75, 3.05) is 12.3 Å².